The summed E-state index contributed by atoms with van der Waals surface area (Å²) in [6, 6.07) is 3.86. The lowest BCUT2D eigenvalue weighted by Gasteiger charge is -2.28. The Morgan fingerprint density at radius 3 is 1.97 bits per heavy atom. The molecule has 0 aromatic heterocycles. The first-order chi connectivity index (χ1) is 14.8. The lowest BCUT2D eigenvalue weighted by molar-refractivity contribution is -0.119. The number of halogens is 2. The normalized spacial score (nSPS) is 17.0. The van der Waals surface area contributed by atoms with Crippen molar-refractivity contribution >= 4 is 34.8 Å². The monoisotopic (exact) mass is 490 g/mol. The van der Waals surface area contributed by atoms with Gasteiger partial charge in [-0.05, 0) is 56.6 Å². The molecule has 0 aliphatic heterocycles. The largest absolute Gasteiger partial charge is 0.506 e. The maximum Gasteiger partial charge on any atom is 0.217 e. The summed E-state index contributed by atoms with van der Waals surface area (Å²) < 4.78 is 0. The molecule has 0 bridgehead atoms. The first-order valence-corrected chi connectivity index (χ1v) is 12.8. The van der Waals surface area contributed by atoms with Gasteiger partial charge in [-0.25, -0.2) is 0 Å². The molecule has 1 aliphatic rings. The minimum atomic E-state index is 0. The van der Waals surface area contributed by atoms with Gasteiger partial charge in [0.1, 0.15) is 10.8 Å². The molecular weight excluding hydrogens is 443 g/mol. The molecule has 1 aromatic carbocycles. The number of nitrogens with one attached hydrogen (secondary N) is 1. The lowest BCUT2D eigenvalue weighted by Crippen LogP contribution is -2.36. The van der Waals surface area contributed by atoms with Crippen LogP contribution in [0.15, 0.2) is 12.1 Å². The first kappa shape index (κ1) is 33.0. The third-order valence-corrected chi connectivity index (χ3v) is 6.18. The predicted molar refractivity (Wildman–Crippen MR) is 143 cm³/mol. The van der Waals surface area contributed by atoms with Crippen LogP contribution in [0, 0.1) is 5.92 Å². The molecule has 1 amide bonds. The molecule has 1 aliphatic carbocycles. The van der Waals surface area contributed by atoms with E-state index in [2.05, 4.69) is 31.0 Å². The topological polar surface area (TPSA) is 52.6 Å². The Labute approximate surface area is 208 Å². The fraction of sp³-hybridized carbons (Fsp3) is 0.731. The fourth-order valence-corrected chi connectivity index (χ4v) is 4.40. The van der Waals surface area contributed by atoms with Crippen molar-refractivity contribution < 1.29 is 9.90 Å². The van der Waals surface area contributed by atoms with Crippen LogP contribution >= 0.6 is 23.2 Å². The van der Waals surface area contributed by atoms with Gasteiger partial charge in [0.2, 0.25) is 5.91 Å². The SMILES string of the molecule is C.CC.CCCC1CCC(NC(C)=O)CC1.CCCN(CCC)c1ccc(O)c(Cl)c1Cl. The van der Waals surface area contributed by atoms with Crippen LogP contribution in [0.1, 0.15) is 100 Å². The fourth-order valence-electron chi connectivity index (χ4n) is 3.96. The molecule has 2 rings (SSSR count). The summed E-state index contributed by atoms with van der Waals surface area (Å²) in [7, 11) is 0. The number of anilines is 1. The van der Waals surface area contributed by atoms with Crippen LogP contribution in [-0.4, -0.2) is 30.1 Å². The molecule has 0 atom stereocenters. The number of aromatic hydroxyl groups is 1. The van der Waals surface area contributed by atoms with Gasteiger partial charge < -0.3 is 15.3 Å². The minimum absolute atomic E-state index is 0. The predicted octanol–water partition coefficient (Wildman–Crippen LogP) is 8.47. The third kappa shape index (κ3) is 12.2. The summed E-state index contributed by atoms with van der Waals surface area (Å²) in [6.07, 6.45) is 9.75. The van der Waals surface area contributed by atoms with Gasteiger partial charge in [0, 0.05) is 26.1 Å². The first-order valence-electron chi connectivity index (χ1n) is 12.0. The van der Waals surface area contributed by atoms with Gasteiger partial charge in [0.15, 0.2) is 0 Å². The molecule has 6 heteroatoms. The highest BCUT2D eigenvalue weighted by Gasteiger charge is 2.20. The van der Waals surface area contributed by atoms with Crippen molar-refractivity contribution in [3.05, 3.63) is 22.2 Å². The zero-order valence-corrected chi connectivity index (χ0v) is 22.0. The average molecular weight is 492 g/mol. The molecule has 0 heterocycles. The number of hydrogen-bond acceptors (Lipinski definition) is 3. The molecule has 32 heavy (non-hydrogen) atoms. The Morgan fingerprint density at radius 1 is 1.00 bits per heavy atom. The highest BCUT2D eigenvalue weighted by molar-refractivity contribution is 6.44. The minimum Gasteiger partial charge on any atom is -0.506 e. The Kier molecular flexibility index (Phi) is 20.0. The highest BCUT2D eigenvalue weighted by Crippen LogP contribution is 2.38. The Morgan fingerprint density at radius 2 is 1.53 bits per heavy atom. The molecule has 4 nitrogen and oxygen atoms in total. The Bertz CT molecular complexity index is 612. The highest BCUT2D eigenvalue weighted by atomic mass is 35.5. The lowest BCUT2D eigenvalue weighted by atomic mass is 9.83. The molecular formula is C26H48Cl2N2O2. The van der Waals surface area contributed by atoms with Crippen molar-refractivity contribution in [2.75, 3.05) is 18.0 Å². The number of phenolic OH excluding ortho intramolecular Hbond substituents is 1. The number of hydrogen-bond donors (Lipinski definition) is 2. The molecule has 0 unspecified atom stereocenters. The van der Waals surface area contributed by atoms with Gasteiger partial charge in [0.25, 0.3) is 0 Å². The van der Waals surface area contributed by atoms with Gasteiger partial charge in [-0.3, -0.25) is 4.79 Å². The van der Waals surface area contributed by atoms with Crippen molar-refractivity contribution in [2.24, 2.45) is 5.92 Å². The third-order valence-electron chi connectivity index (χ3n) is 5.32. The second kappa shape index (κ2) is 19.3. The van der Waals surface area contributed by atoms with E-state index < -0.39 is 0 Å². The van der Waals surface area contributed by atoms with Crippen molar-refractivity contribution in [3.63, 3.8) is 0 Å². The van der Waals surface area contributed by atoms with Crippen LogP contribution in [0.4, 0.5) is 5.69 Å². The second-order valence-corrected chi connectivity index (χ2v) is 8.68. The molecule has 0 spiro atoms. The van der Waals surface area contributed by atoms with E-state index in [9.17, 15) is 9.90 Å². The summed E-state index contributed by atoms with van der Waals surface area (Å²) in [5.41, 5.74) is 0.896. The molecule has 1 aromatic rings. The number of rotatable bonds is 8. The van der Waals surface area contributed by atoms with Crippen molar-refractivity contribution in [1.82, 2.24) is 5.32 Å². The van der Waals surface area contributed by atoms with E-state index in [-0.39, 0.29) is 24.1 Å². The summed E-state index contributed by atoms with van der Waals surface area (Å²) in [5, 5.41) is 13.1. The van der Waals surface area contributed by atoms with E-state index in [1.54, 1.807) is 13.0 Å². The average Bonchev–Trinajstić information content (AvgIpc) is 2.75. The Balaban J connectivity index is 0. The summed E-state index contributed by atoms with van der Waals surface area (Å²) in [6.45, 7) is 14.0. The van der Waals surface area contributed by atoms with E-state index in [0.717, 1.165) is 37.5 Å². The number of benzene rings is 1. The van der Waals surface area contributed by atoms with Crippen LogP contribution in [0.2, 0.25) is 10.0 Å². The van der Waals surface area contributed by atoms with Crippen molar-refractivity contribution in [3.8, 4) is 5.75 Å². The molecule has 1 fully saturated rings. The van der Waals surface area contributed by atoms with Crippen molar-refractivity contribution in [2.45, 2.75) is 106 Å². The van der Waals surface area contributed by atoms with Crippen LogP contribution in [0.3, 0.4) is 0 Å². The maximum atomic E-state index is 10.8. The van der Waals surface area contributed by atoms with E-state index in [0.29, 0.717) is 11.1 Å². The molecule has 1 saturated carbocycles. The van der Waals surface area contributed by atoms with Gasteiger partial charge in [-0.2, -0.15) is 0 Å². The number of phenols is 1. The molecule has 0 radical (unpaired) electrons. The Hall–Kier alpha value is -1.13. The standard InChI is InChI=1S/C12H17Cl2NO.C11H21NO.C2H6.CH4/c1-3-7-15(8-4-2)9-5-6-10(16)12(14)11(9)13;1-3-4-10-5-7-11(8-6-10)12-9(2)13;1-2;/h5-6,16H,3-4,7-8H2,1-2H3;10-11H,3-8H2,1-2H3,(H,12,13);1-2H3;1H4. The summed E-state index contributed by atoms with van der Waals surface area (Å²) >= 11 is 12.0. The quantitative estimate of drug-likeness (QED) is 0.383. The van der Waals surface area contributed by atoms with E-state index in [1.165, 1.54) is 38.5 Å². The van der Waals surface area contributed by atoms with Crippen LogP contribution in [0.25, 0.3) is 0 Å². The summed E-state index contributed by atoms with van der Waals surface area (Å²) in [5.74, 6) is 1.08. The zero-order chi connectivity index (χ0) is 23.8. The number of amides is 1. The van der Waals surface area contributed by atoms with E-state index >= 15 is 0 Å². The number of carbonyl (C=O) groups excluding carboxylic acids is 1. The van der Waals surface area contributed by atoms with Gasteiger partial charge in [-0.15, -0.1) is 0 Å². The smallest absolute Gasteiger partial charge is 0.217 e. The second-order valence-electron chi connectivity index (χ2n) is 7.93. The van der Waals surface area contributed by atoms with Crippen LogP contribution in [0.5, 0.6) is 5.75 Å². The van der Waals surface area contributed by atoms with Crippen LogP contribution < -0.4 is 10.2 Å². The molecule has 2 N–H and O–H groups in total. The number of carbonyl (C=O) groups is 1. The number of nitrogens with zero attached hydrogens (tertiary/aromatic N) is 1. The molecule has 0 saturated heterocycles. The zero-order valence-electron chi connectivity index (χ0n) is 20.4. The summed E-state index contributed by atoms with van der Waals surface area (Å²) in [4.78, 5) is 13.0. The van der Waals surface area contributed by atoms with E-state index in [4.69, 9.17) is 23.2 Å². The maximum absolute atomic E-state index is 10.8. The van der Waals surface area contributed by atoms with Crippen molar-refractivity contribution in [1.29, 1.82) is 0 Å². The van der Waals surface area contributed by atoms with E-state index in [1.807, 2.05) is 19.9 Å². The molecule has 188 valence electrons. The van der Waals surface area contributed by atoms with Gasteiger partial charge >= 0.3 is 0 Å². The van der Waals surface area contributed by atoms with Gasteiger partial charge in [-0.1, -0.05) is 78.1 Å². The van der Waals surface area contributed by atoms with Gasteiger partial charge in [0.05, 0.1) is 10.7 Å². The van der Waals surface area contributed by atoms with Crippen LogP contribution in [-0.2, 0) is 4.79 Å².